The summed E-state index contributed by atoms with van der Waals surface area (Å²) >= 11 is 0. The van der Waals surface area contributed by atoms with Gasteiger partial charge in [-0.2, -0.15) is 0 Å². The summed E-state index contributed by atoms with van der Waals surface area (Å²) in [7, 11) is -3.86. The second kappa shape index (κ2) is 6.18. The van der Waals surface area contributed by atoms with E-state index in [-0.39, 0.29) is 22.5 Å². The van der Waals surface area contributed by atoms with Crippen LogP contribution < -0.4 is 4.72 Å². The fraction of sp³-hybridized carbons (Fsp3) is 0.353. The molecule has 2 aromatic rings. The number of aryl methyl sites for hydroxylation is 1. The zero-order valence-electron chi connectivity index (χ0n) is 14.3. The third-order valence-corrected chi connectivity index (χ3v) is 5.63. The van der Waals surface area contributed by atoms with Crippen molar-refractivity contribution in [3.05, 3.63) is 47.5 Å². The maximum atomic E-state index is 13.3. The summed E-state index contributed by atoms with van der Waals surface area (Å²) in [5, 5.41) is 0. The summed E-state index contributed by atoms with van der Waals surface area (Å²) in [5.41, 5.74) is 0.980. The summed E-state index contributed by atoms with van der Waals surface area (Å²) in [4.78, 5) is 14.2. The third-order valence-electron chi connectivity index (χ3n) is 4.28. The van der Waals surface area contributed by atoms with Gasteiger partial charge in [0.1, 0.15) is 16.4 Å². The van der Waals surface area contributed by atoms with E-state index in [0.29, 0.717) is 24.3 Å². The van der Waals surface area contributed by atoms with E-state index in [1.807, 2.05) is 13.8 Å². The molecule has 0 bridgehead atoms. The lowest BCUT2D eigenvalue weighted by atomic mass is 10.2. The van der Waals surface area contributed by atoms with E-state index in [9.17, 15) is 17.6 Å². The van der Waals surface area contributed by atoms with Crippen LogP contribution in [0.1, 0.15) is 29.9 Å². The van der Waals surface area contributed by atoms with Gasteiger partial charge in [0.25, 0.3) is 15.9 Å². The first-order valence-corrected chi connectivity index (χ1v) is 9.47. The van der Waals surface area contributed by atoms with Gasteiger partial charge < -0.3 is 9.47 Å². The van der Waals surface area contributed by atoms with Crippen LogP contribution in [0.25, 0.3) is 0 Å². The molecule has 1 aromatic carbocycles. The number of carbonyl (C=O) groups excluding carboxylic acids is 1. The molecule has 1 aliphatic rings. The Labute approximate surface area is 146 Å². The van der Waals surface area contributed by atoms with Gasteiger partial charge >= 0.3 is 0 Å². The Morgan fingerprint density at radius 3 is 2.56 bits per heavy atom. The highest BCUT2D eigenvalue weighted by Gasteiger charge is 2.29. The molecule has 0 spiro atoms. The van der Waals surface area contributed by atoms with E-state index in [1.165, 1.54) is 30.5 Å². The summed E-state index contributed by atoms with van der Waals surface area (Å²) in [6, 6.07) is 5.43. The monoisotopic (exact) mass is 365 g/mol. The molecule has 0 saturated heterocycles. The van der Waals surface area contributed by atoms with E-state index in [0.717, 1.165) is 0 Å². The molecule has 25 heavy (non-hydrogen) atoms. The van der Waals surface area contributed by atoms with Crippen LogP contribution >= 0.6 is 0 Å². The van der Waals surface area contributed by atoms with Crippen LogP contribution in [0.2, 0.25) is 0 Å². The predicted molar refractivity (Wildman–Crippen MR) is 92.6 cm³/mol. The molecule has 1 aliphatic heterocycles. The first-order chi connectivity index (χ1) is 11.7. The van der Waals surface area contributed by atoms with Gasteiger partial charge in [0.2, 0.25) is 0 Å². The molecule has 1 aromatic heterocycles. The van der Waals surface area contributed by atoms with Crippen molar-refractivity contribution in [1.29, 1.82) is 0 Å². The number of amides is 1. The van der Waals surface area contributed by atoms with Crippen molar-refractivity contribution >= 4 is 21.6 Å². The van der Waals surface area contributed by atoms with Gasteiger partial charge in [-0.15, -0.1) is 0 Å². The highest BCUT2D eigenvalue weighted by Crippen LogP contribution is 2.23. The molecule has 2 heterocycles. The fourth-order valence-corrected chi connectivity index (χ4v) is 3.96. The van der Waals surface area contributed by atoms with Crippen molar-refractivity contribution in [3.8, 4) is 0 Å². The smallest absolute Gasteiger partial charge is 0.270 e. The zero-order chi connectivity index (χ0) is 18.4. The normalized spacial score (nSPS) is 14.8. The van der Waals surface area contributed by atoms with E-state index in [2.05, 4.69) is 4.72 Å². The number of hydrogen-bond acceptors (Lipinski definition) is 3. The lowest BCUT2D eigenvalue weighted by molar-refractivity contribution is 0.0649. The van der Waals surface area contributed by atoms with Crippen molar-refractivity contribution in [1.82, 2.24) is 9.47 Å². The van der Waals surface area contributed by atoms with E-state index in [4.69, 9.17) is 0 Å². The number of halogens is 1. The molecular formula is C17H20FN3O3S. The highest BCUT2D eigenvalue weighted by atomic mass is 32.2. The molecule has 0 fully saturated rings. The second-order valence-corrected chi connectivity index (χ2v) is 8.10. The Hall–Kier alpha value is -2.35. The van der Waals surface area contributed by atoms with Gasteiger partial charge in [-0.1, -0.05) is 0 Å². The van der Waals surface area contributed by atoms with Gasteiger partial charge in [-0.3, -0.25) is 9.52 Å². The molecule has 0 unspecified atom stereocenters. The highest BCUT2D eigenvalue weighted by molar-refractivity contribution is 7.92. The minimum absolute atomic E-state index is 0.0171. The van der Waals surface area contributed by atoms with Gasteiger partial charge in [-0.25, -0.2) is 12.8 Å². The number of aromatic nitrogens is 1. The van der Waals surface area contributed by atoms with Crippen LogP contribution in [0.3, 0.4) is 0 Å². The quantitative estimate of drug-likeness (QED) is 0.905. The number of rotatable bonds is 4. The summed E-state index contributed by atoms with van der Waals surface area (Å²) in [5.74, 6) is -0.582. The third kappa shape index (κ3) is 3.26. The molecule has 6 nitrogen and oxygen atoms in total. The first kappa shape index (κ1) is 17.5. The second-order valence-electron chi connectivity index (χ2n) is 6.42. The number of sulfonamides is 1. The van der Waals surface area contributed by atoms with E-state index < -0.39 is 15.8 Å². The average Bonchev–Trinajstić information content (AvgIpc) is 2.97. The fourth-order valence-electron chi connectivity index (χ4n) is 2.87. The molecule has 1 N–H and O–H groups in total. The number of nitrogens with one attached hydrogen (secondary N) is 1. The largest absolute Gasteiger partial charge is 0.340 e. The average molecular weight is 365 g/mol. The number of nitrogens with zero attached hydrogens (tertiary/aromatic N) is 2. The molecule has 1 amide bonds. The molecular weight excluding hydrogens is 345 g/mol. The van der Waals surface area contributed by atoms with Gasteiger partial charge in [0.05, 0.1) is 0 Å². The number of benzene rings is 1. The number of anilines is 1. The maximum absolute atomic E-state index is 13.3. The molecule has 134 valence electrons. The molecule has 0 atom stereocenters. The number of fused-ring (bicyclic) bond motifs is 1. The van der Waals surface area contributed by atoms with E-state index >= 15 is 0 Å². The van der Waals surface area contributed by atoms with Crippen LogP contribution in [0.4, 0.5) is 10.1 Å². The predicted octanol–water partition coefficient (Wildman–Crippen LogP) is 2.60. The van der Waals surface area contributed by atoms with Gasteiger partial charge in [0.15, 0.2) is 0 Å². The lowest BCUT2D eigenvalue weighted by Gasteiger charge is -2.31. The summed E-state index contributed by atoms with van der Waals surface area (Å²) in [6.45, 7) is 6.50. The molecule has 0 saturated carbocycles. The Bertz CT molecular complexity index is 935. The Morgan fingerprint density at radius 2 is 1.92 bits per heavy atom. The number of carbonyl (C=O) groups is 1. The standard InChI is InChI=1S/C17H20FN3O3S/c1-11(2)21-7-6-20-10-14(9-16(20)17(21)22)25(23,24)19-13-4-5-15(18)12(3)8-13/h4-5,8-11,19H,6-7H2,1-3H3. The van der Waals surface area contributed by atoms with Crippen LogP contribution in [-0.4, -0.2) is 36.4 Å². The van der Waals surface area contributed by atoms with Crippen LogP contribution in [0.15, 0.2) is 35.4 Å². The SMILES string of the molecule is Cc1cc(NS(=O)(=O)c2cc3n(c2)CCN(C(C)C)C3=O)ccc1F. The summed E-state index contributed by atoms with van der Waals surface area (Å²) in [6.07, 6.45) is 1.46. The van der Waals surface area contributed by atoms with Crippen molar-refractivity contribution in [2.24, 2.45) is 0 Å². The van der Waals surface area contributed by atoms with Crippen molar-refractivity contribution in [2.45, 2.75) is 38.3 Å². The van der Waals surface area contributed by atoms with Crippen LogP contribution in [-0.2, 0) is 16.6 Å². The van der Waals surface area contributed by atoms with Crippen molar-refractivity contribution in [2.75, 3.05) is 11.3 Å². The molecule has 0 radical (unpaired) electrons. The topological polar surface area (TPSA) is 71.4 Å². The van der Waals surface area contributed by atoms with Crippen LogP contribution in [0, 0.1) is 12.7 Å². The van der Waals surface area contributed by atoms with Crippen LogP contribution in [0.5, 0.6) is 0 Å². The van der Waals surface area contributed by atoms with Crippen molar-refractivity contribution < 1.29 is 17.6 Å². The van der Waals surface area contributed by atoms with E-state index in [1.54, 1.807) is 16.4 Å². The Morgan fingerprint density at radius 1 is 1.20 bits per heavy atom. The van der Waals surface area contributed by atoms with Gasteiger partial charge in [0, 0.05) is 31.0 Å². The molecule has 0 aliphatic carbocycles. The minimum Gasteiger partial charge on any atom is -0.340 e. The summed E-state index contributed by atoms with van der Waals surface area (Å²) < 4.78 is 42.6. The Kier molecular flexibility index (Phi) is 4.32. The zero-order valence-corrected chi connectivity index (χ0v) is 15.1. The van der Waals surface area contributed by atoms with Gasteiger partial charge in [-0.05, 0) is 50.6 Å². The minimum atomic E-state index is -3.86. The first-order valence-electron chi connectivity index (χ1n) is 7.99. The van der Waals surface area contributed by atoms with Crippen molar-refractivity contribution in [3.63, 3.8) is 0 Å². The molecule has 8 heteroatoms. The molecule has 3 rings (SSSR count). The lowest BCUT2D eigenvalue weighted by Crippen LogP contribution is -2.43. The maximum Gasteiger partial charge on any atom is 0.270 e. The Balaban J connectivity index is 1.90. The number of hydrogen-bond donors (Lipinski definition) is 1.